The Kier molecular flexibility index (Phi) is 5.38. The van der Waals surface area contributed by atoms with E-state index in [0.29, 0.717) is 25.1 Å². The van der Waals surface area contributed by atoms with Crippen molar-refractivity contribution in [3.05, 3.63) is 53.9 Å². The molecule has 7 heteroatoms. The number of benzene rings is 1. The summed E-state index contributed by atoms with van der Waals surface area (Å²) in [6.45, 7) is 4.23. The lowest BCUT2D eigenvalue weighted by Gasteiger charge is -2.43. The van der Waals surface area contributed by atoms with Gasteiger partial charge in [0, 0.05) is 32.4 Å². The Labute approximate surface area is 151 Å². The highest BCUT2D eigenvalue weighted by Crippen LogP contribution is 2.35. The van der Waals surface area contributed by atoms with Crippen molar-refractivity contribution in [1.29, 1.82) is 0 Å². The third-order valence-corrected chi connectivity index (χ3v) is 5.16. The zero-order chi connectivity index (χ0) is 18.7. The molecule has 0 saturated carbocycles. The van der Waals surface area contributed by atoms with Crippen LogP contribution in [0.1, 0.15) is 24.6 Å². The second-order valence-corrected chi connectivity index (χ2v) is 6.98. The topological polar surface area (TPSA) is 78.6 Å². The number of halogens is 1. The van der Waals surface area contributed by atoms with E-state index in [-0.39, 0.29) is 18.8 Å². The predicted molar refractivity (Wildman–Crippen MR) is 94.0 cm³/mol. The zero-order valence-corrected chi connectivity index (χ0v) is 14.8. The fourth-order valence-corrected chi connectivity index (χ4v) is 3.62. The minimum atomic E-state index is -1.32. The summed E-state index contributed by atoms with van der Waals surface area (Å²) in [5.41, 5.74) is 0.262. The molecule has 2 heterocycles. The number of likely N-dealkylation sites (tertiary alicyclic amines) is 1. The van der Waals surface area contributed by atoms with Crippen molar-refractivity contribution in [3.8, 4) is 0 Å². The number of carbonyl (C=O) groups is 1. The molecule has 0 unspecified atom stereocenters. The van der Waals surface area contributed by atoms with Crippen LogP contribution in [0, 0.1) is 11.2 Å². The van der Waals surface area contributed by atoms with Crippen LogP contribution < -0.4 is 0 Å². The van der Waals surface area contributed by atoms with Gasteiger partial charge in [-0.1, -0.05) is 12.1 Å². The van der Waals surface area contributed by atoms with E-state index in [9.17, 15) is 19.4 Å². The van der Waals surface area contributed by atoms with Crippen molar-refractivity contribution >= 4 is 5.97 Å². The normalized spacial score (nSPS) is 23.9. The summed E-state index contributed by atoms with van der Waals surface area (Å²) in [7, 11) is 0. The highest BCUT2D eigenvalue weighted by atomic mass is 19.1. The molecule has 1 fully saturated rings. The monoisotopic (exact) mass is 361 g/mol. The number of rotatable bonds is 6. The van der Waals surface area contributed by atoms with Gasteiger partial charge in [0.05, 0.1) is 18.1 Å². The summed E-state index contributed by atoms with van der Waals surface area (Å²) in [4.78, 5) is 18.5. The van der Waals surface area contributed by atoms with Crippen LogP contribution in [-0.4, -0.2) is 49.8 Å². The Hall–Kier alpha value is -2.25. The second-order valence-electron chi connectivity index (χ2n) is 6.98. The van der Waals surface area contributed by atoms with Crippen LogP contribution in [0.5, 0.6) is 0 Å². The largest absolute Gasteiger partial charge is 0.481 e. The van der Waals surface area contributed by atoms with Crippen LogP contribution in [-0.2, 0) is 24.3 Å². The van der Waals surface area contributed by atoms with Gasteiger partial charge in [-0.2, -0.15) is 0 Å². The molecule has 3 rings (SSSR count). The predicted octanol–water partition coefficient (Wildman–Crippen LogP) is 1.92. The van der Waals surface area contributed by atoms with Crippen molar-refractivity contribution in [2.24, 2.45) is 5.41 Å². The lowest BCUT2D eigenvalue weighted by molar-refractivity contribution is -0.163. The summed E-state index contributed by atoms with van der Waals surface area (Å²) < 4.78 is 15.1. The molecule has 0 aliphatic carbocycles. The maximum Gasteiger partial charge on any atom is 0.313 e. The molecular weight excluding hydrogens is 337 g/mol. The Morgan fingerprint density at radius 3 is 2.73 bits per heavy atom. The van der Waals surface area contributed by atoms with E-state index in [1.165, 1.54) is 12.1 Å². The van der Waals surface area contributed by atoms with Gasteiger partial charge in [-0.25, -0.2) is 9.37 Å². The third-order valence-electron chi connectivity index (χ3n) is 5.16. The van der Waals surface area contributed by atoms with Gasteiger partial charge in [0.1, 0.15) is 11.2 Å². The Morgan fingerprint density at radius 2 is 2.12 bits per heavy atom. The van der Waals surface area contributed by atoms with E-state index in [2.05, 4.69) is 4.98 Å². The highest BCUT2D eigenvalue weighted by molar-refractivity contribution is 5.76. The number of aliphatic carboxylic acids is 1. The van der Waals surface area contributed by atoms with Gasteiger partial charge in [0.25, 0.3) is 0 Å². The molecule has 0 bridgehead atoms. The lowest BCUT2D eigenvalue weighted by atomic mass is 9.73. The van der Waals surface area contributed by atoms with Crippen LogP contribution in [0.2, 0.25) is 0 Å². The number of imidazole rings is 1. The first kappa shape index (κ1) is 18.5. The molecule has 2 aromatic rings. The quantitative estimate of drug-likeness (QED) is 0.822. The molecule has 0 amide bonds. The van der Waals surface area contributed by atoms with Crippen LogP contribution in [0.25, 0.3) is 0 Å². The van der Waals surface area contributed by atoms with Crippen molar-refractivity contribution in [3.63, 3.8) is 0 Å². The SMILES string of the molecule is CCn1cnc(CN2CC[C@H](O)[C@](Cc3ccc(F)cc3)(C(=O)O)C2)c1. The van der Waals surface area contributed by atoms with E-state index in [4.69, 9.17) is 0 Å². The first-order valence-electron chi connectivity index (χ1n) is 8.82. The Balaban J connectivity index is 1.80. The molecule has 1 saturated heterocycles. The molecule has 6 nitrogen and oxygen atoms in total. The molecule has 0 spiro atoms. The maximum atomic E-state index is 13.1. The molecular formula is C19H24FN3O3. The number of piperidine rings is 1. The van der Waals surface area contributed by atoms with Gasteiger partial charge in [-0.15, -0.1) is 0 Å². The first-order valence-corrected chi connectivity index (χ1v) is 8.82. The van der Waals surface area contributed by atoms with Crippen molar-refractivity contribution < 1.29 is 19.4 Å². The van der Waals surface area contributed by atoms with E-state index >= 15 is 0 Å². The molecule has 2 atom stereocenters. The minimum absolute atomic E-state index is 0.156. The molecule has 26 heavy (non-hydrogen) atoms. The fourth-order valence-electron chi connectivity index (χ4n) is 3.62. The van der Waals surface area contributed by atoms with Crippen molar-refractivity contribution in [2.45, 2.75) is 39.0 Å². The van der Waals surface area contributed by atoms with Gasteiger partial charge in [0.2, 0.25) is 0 Å². The van der Waals surface area contributed by atoms with E-state index < -0.39 is 17.5 Å². The molecule has 0 radical (unpaired) electrons. The Morgan fingerprint density at radius 1 is 1.38 bits per heavy atom. The zero-order valence-electron chi connectivity index (χ0n) is 14.8. The number of aryl methyl sites for hydroxylation is 1. The molecule has 1 aromatic carbocycles. The minimum Gasteiger partial charge on any atom is -0.481 e. The van der Waals surface area contributed by atoms with Crippen LogP contribution >= 0.6 is 0 Å². The fraction of sp³-hybridized carbons (Fsp3) is 0.474. The molecule has 140 valence electrons. The number of hydrogen-bond acceptors (Lipinski definition) is 4. The van der Waals surface area contributed by atoms with Gasteiger partial charge >= 0.3 is 5.97 Å². The summed E-state index contributed by atoms with van der Waals surface area (Å²) in [6, 6.07) is 5.79. The van der Waals surface area contributed by atoms with Gasteiger partial charge < -0.3 is 14.8 Å². The Bertz CT molecular complexity index is 762. The summed E-state index contributed by atoms with van der Waals surface area (Å²) in [5.74, 6) is -1.39. The summed E-state index contributed by atoms with van der Waals surface area (Å²) >= 11 is 0. The number of carboxylic acid groups (broad SMARTS) is 1. The molecule has 1 aliphatic heterocycles. The smallest absolute Gasteiger partial charge is 0.313 e. The van der Waals surface area contributed by atoms with Gasteiger partial charge in [-0.05, 0) is 37.5 Å². The van der Waals surface area contributed by atoms with E-state index in [1.54, 1.807) is 18.5 Å². The second kappa shape index (κ2) is 7.55. The molecule has 1 aliphatic rings. The maximum absolute atomic E-state index is 13.1. The summed E-state index contributed by atoms with van der Waals surface area (Å²) in [5, 5.41) is 20.5. The van der Waals surface area contributed by atoms with Crippen LogP contribution in [0.4, 0.5) is 4.39 Å². The standard InChI is InChI=1S/C19H24FN3O3/c1-2-22-10-16(21-13-22)11-23-8-7-17(24)19(12-23,18(25)26)9-14-3-5-15(20)6-4-14/h3-6,10,13,17,24H,2,7-9,11-12H2,1H3,(H,25,26)/t17-,19+/m0/s1. The van der Waals surface area contributed by atoms with E-state index in [0.717, 1.165) is 12.2 Å². The highest BCUT2D eigenvalue weighted by Gasteiger charge is 2.49. The number of aliphatic hydroxyl groups is 1. The number of hydrogen-bond donors (Lipinski definition) is 2. The van der Waals surface area contributed by atoms with Crippen LogP contribution in [0.15, 0.2) is 36.8 Å². The molecule has 1 aromatic heterocycles. The van der Waals surface area contributed by atoms with Crippen molar-refractivity contribution in [2.75, 3.05) is 13.1 Å². The third kappa shape index (κ3) is 3.78. The lowest BCUT2D eigenvalue weighted by Crippen LogP contribution is -2.56. The van der Waals surface area contributed by atoms with Crippen LogP contribution in [0.3, 0.4) is 0 Å². The number of carboxylic acids is 1. The van der Waals surface area contributed by atoms with E-state index in [1.807, 2.05) is 22.6 Å². The van der Waals surface area contributed by atoms with Gasteiger partial charge in [-0.3, -0.25) is 9.69 Å². The molecule has 2 N–H and O–H groups in total. The van der Waals surface area contributed by atoms with Crippen molar-refractivity contribution in [1.82, 2.24) is 14.5 Å². The summed E-state index contributed by atoms with van der Waals surface area (Å²) in [6.07, 6.45) is 3.30. The average molecular weight is 361 g/mol. The number of aliphatic hydroxyl groups excluding tert-OH is 1. The van der Waals surface area contributed by atoms with Gasteiger partial charge in [0.15, 0.2) is 0 Å². The average Bonchev–Trinajstić information content (AvgIpc) is 3.07. The first-order chi connectivity index (χ1) is 12.4. The number of nitrogens with zero attached hydrogens (tertiary/aromatic N) is 3. The number of aromatic nitrogens is 2.